The number of para-hydroxylation sites is 1. The number of pyridine rings is 1. The Balaban J connectivity index is 1.19. The molecule has 3 heterocycles. The highest BCUT2D eigenvalue weighted by Crippen LogP contribution is 2.34. The van der Waals surface area contributed by atoms with Gasteiger partial charge in [0, 0.05) is 35.9 Å². The zero-order valence-electron chi connectivity index (χ0n) is 17.9. The van der Waals surface area contributed by atoms with Crippen LogP contribution in [0.2, 0.25) is 0 Å². The molecule has 0 spiro atoms. The first-order valence-corrected chi connectivity index (χ1v) is 11.0. The minimum atomic E-state index is -0.263. The summed E-state index contributed by atoms with van der Waals surface area (Å²) < 4.78 is 17.7. The SMILES string of the molecule is O=C(CC1COC2C(NC(=O)c3ccncc3)COC12)c1cccc(Oc2ccccc2)c1. The summed E-state index contributed by atoms with van der Waals surface area (Å²) in [6.45, 7) is 0.778. The summed E-state index contributed by atoms with van der Waals surface area (Å²) in [7, 11) is 0. The van der Waals surface area contributed by atoms with Crippen LogP contribution >= 0.6 is 0 Å². The zero-order valence-corrected chi connectivity index (χ0v) is 17.9. The third kappa shape index (κ3) is 4.79. The number of rotatable bonds is 7. The molecule has 4 unspecified atom stereocenters. The average Bonchev–Trinajstić information content (AvgIpc) is 3.44. The van der Waals surface area contributed by atoms with Crippen LogP contribution in [0.25, 0.3) is 0 Å². The van der Waals surface area contributed by atoms with Gasteiger partial charge in [0.1, 0.15) is 17.6 Å². The Morgan fingerprint density at radius 1 is 0.879 bits per heavy atom. The third-order valence-electron chi connectivity index (χ3n) is 6.00. The van der Waals surface area contributed by atoms with Crippen LogP contribution in [0.5, 0.6) is 11.5 Å². The van der Waals surface area contributed by atoms with E-state index in [1.54, 1.807) is 36.7 Å². The minimum absolute atomic E-state index is 0.00985. The van der Waals surface area contributed by atoms with Crippen LogP contribution in [0.1, 0.15) is 27.1 Å². The Bertz CT molecular complexity index is 1120. The molecule has 1 amide bonds. The number of benzene rings is 2. The van der Waals surface area contributed by atoms with E-state index in [1.807, 2.05) is 42.5 Å². The van der Waals surface area contributed by atoms with Gasteiger partial charge in [-0.2, -0.15) is 0 Å². The highest BCUT2D eigenvalue weighted by molar-refractivity contribution is 5.96. The molecule has 4 atom stereocenters. The summed E-state index contributed by atoms with van der Waals surface area (Å²) in [6, 6.07) is 19.7. The zero-order chi connectivity index (χ0) is 22.6. The summed E-state index contributed by atoms with van der Waals surface area (Å²) in [6.07, 6.45) is 2.98. The van der Waals surface area contributed by atoms with Crippen LogP contribution in [0, 0.1) is 5.92 Å². The van der Waals surface area contributed by atoms with Crippen LogP contribution < -0.4 is 10.1 Å². The molecule has 0 aliphatic carbocycles. The van der Waals surface area contributed by atoms with E-state index >= 15 is 0 Å². The van der Waals surface area contributed by atoms with Gasteiger partial charge in [-0.25, -0.2) is 0 Å². The van der Waals surface area contributed by atoms with Gasteiger partial charge in [-0.15, -0.1) is 0 Å². The molecule has 0 bridgehead atoms. The van der Waals surface area contributed by atoms with Crippen molar-refractivity contribution in [3.05, 3.63) is 90.3 Å². The number of ketones is 1. The molecule has 0 radical (unpaired) electrons. The van der Waals surface area contributed by atoms with Crippen molar-refractivity contribution in [1.29, 1.82) is 0 Å². The molecule has 7 nitrogen and oxygen atoms in total. The van der Waals surface area contributed by atoms with Crippen molar-refractivity contribution in [2.75, 3.05) is 13.2 Å². The van der Waals surface area contributed by atoms with Crippen molar-refractivity contribution < 1.29 is 23.8 Å². The Labute approximate surface area is 191 Å². The van der Waals surface area contributed by atoms with E-state index in [0.717, 1.165) is 0 Å². The molecule has 7 heteroatoms. The smallest absolute Gasteiger partial charge is 0.251 e. The molecule has 3 aromatic rings. The summed E-state index contributed by atoms with van der Waals surface area (Å²) in [5.74, 6) is 1.08. The molecule has 33 heavy (non-hydrogen) atoms. The summed E-state index contributed by atoms with van der Waals surface area (Å²) in [5.41, 5.74) is 1.13. The monoisotopic (exact) mass is 444 g/mol. The molecule has 168 valence electrons. The number of aromatic nitrogens is 1. The predicted molar refractivity (Wildman–Crippen MR) is 120 cm³/mol. The van der Waals surface area contributed by atoms with Crippen molar-refractivity contribution in [3.8, 4) is 11.5 Å². The Morgan fingerprint density at radius 3 is 2.45 bits per heavy atom. The van der Waals surface area contributed by atoms with Crippen LogP contribution in [0.3, 0.4) is 0 Å². The number of carbonyl (C=O) groups is 2. The van der Waals surface area contributed by atoms with Gasteiger partial charge in [0.15, 0.2) is 5.78 Å². The quantitative estimate of drug-likeness (QED) is 0.560. The van der Waals surface area contributed by atoms with Gasteiger partial charge in [-0.05, 0) is 36.4 Å². The maximum Gasteiger partial charge on any atom is 0.251 e. The fraction of sp³-hybridized carbons (Fsp3) is 0.269. The third-order valence-corrected chi connectivity index (χ3v) is 6.00. The van der Waals surface area contributed by atoms with Gasteiger partial charge in [0.05, 0.1) is 25.4 Å². The van der Waals surface area contributed by atoms with E-state index in [2.05, 4.69) is 10.3 Å². The van der Waals surface area contributed by atoms with Gasteiger partial charge < -0.3 is 19.5 Å². The number of Topliss-reactive ketones (excluding diaryl/α,β-unsaturated/α-hetero) is 1. The van der Waals surface area contributed by atoms with Crippen molar-refractivity contribution in [2.24, 2.45) is 5.92 Å². The lowest BCUT2D eigenvalue weighted by Gasteiger charge is -2.18. The highest BCUT2D eigenvalue weighted by atomic mass is 16.6. The highest BCUT2D eigenvalue weighted by Gasteiger charge is 2.48. The molecule has 2 fully saturated rings. The molecule has 1 aromatic heterocycles. The number of hydrogen-bond acceptors (Lipinski definition) is 6. The number of nitrogens with one attached hydrogen (secondary N) is 1. The number of amides is 1. The van der Waals surface area contributed by atoms with Gasteiger partial charge in [-0.1, -0.05) is 30.3 Å². The number of carbonyl (C=O) groups excluding carboxylic acids is 2. The second kappa shape index (κ2) is 9.52. The average molecular weight is 444 g/mol. The molecular formula is C26H24N2O5. The second-order valence-corrected chi connectivity index (χ2v) is 8.24. The van der Waals surface area contributed by atoms with Crippen molar-refractivity contribution >= 4 is 11.7 Å². The van der Waals surface area contributed by atoms with Gasteiger partial charge >= 0.3 is 0 Å². The van der Waals surface area contributed by atoms with Crippen molar-refractivity contribution in [3.63, 3.8) is 0 Å². The molecule has 0 saturated carbocycles. The molecule has 2 aliphatic heterocycles. The molecule has 1 N–H and O–H groups in total. The first-order chi connectivity index (χ1) is 16.2. The normalized spacial score (nSPS) is 23.6. The van der Waals surface area contributed by atoms with E-state index in [1.165, 1.54) is 0 Å². The topological polar surface area (TPSA) is 86.8 Å². The van der Waals surface area contributed by atoms with E-state index in [0.29, 0.717) is 42.3 Å². The largest absolute Gasteiger partial charge is 0.457 e. The van der Waals surface area contributed by atoms with Crippen LogP contribution in [0.4, 0.5) is 0 Å². The van der Waals surface area contributed by atoms with Crippen molar-refractivity contribution in [2.45, 2.75) is 24.7 Å². The van der Waals surface area contributed by atoms with Gasteiger partial charge in [-0.3, -0.25) is 14.6 Å². The number of hydrogen-bond donors (Lipinski definition) is 1. The number of nitrogens with zero attached hydrogens (tertiary/aromatic N) is 1. The lowest BCUT2D eigenvalue weighted by Crippen LogP contribution is -2.44. The Hall–Kier alpha value is -3.55. The Morgan fingerprint density at radius 2 is 1.64 bits per heavy atom. The fourth-order valence-electron chi connectivity index (χ4n) is 4.35. The lowest BCUT2D eigenvalue weighted by atomic mass is 9.92. The molecule has 5 rings (SSSR count). The van der Waals surface area contributed by atoms with Crippen molar-refractivity contribution in [1.82, 2.24) is 10.3 Å². The van der Waals surface area contributed by atoms with E-state index in [9.17, 15) is 9.59 Å². The maximum absolute atomic E-state index is 13.0. The Kier molecular flexibility index (Phi) is 6.15. The first-order valence-electron chi connectivity index (χ1n) is 11.0. The van der Waals surface area contributed by atoms with Crippen LogP contribution in [0.15, 0.2) is 79.1 Å². The lowest BCUT2D eigenvalue weighted by molar-refractivity contribution is 0.0591. The van der Waals surface area contributed by atoms with E-state index in [4.69, 9.17) is 14.2 Å². The summed E-state index contributed by atoms with van der Waals surface area (Å²) >= 11 is 0. The summed E-state index contributed by atoms with van der Waals surface area (Å²) in [4.78, 5) is 29.4. The van der Waals surface area contributed by atoms with E-state index < -0.39 is 0 Å². The maximum atomic E-state index is 13.0. The second-order valence-electron chi connectivity index (χ2n) is 8.24. The molecule has 2 saturated heterocycles. The fourth-order valence-corrected chi connectivity index (χ4v) is 4.35. The predicted octanol–water partition coefficient (Wildman–Crippen LogP) is 3.66. The summed E-state index contributed by atoms with van der Waals surface area (Å²) in [5, 5.41) is 2.98. The van der Waals surface area contributed by atoms with Gasteiger partial charge in [0.2, 0.25) is 0 Å². The molecule has 2 aliphatic rings. The van der Waals surface area contributed by atoms with Crippen LogP contribution in [-0.2, 0) is 9.47 Å². The molecular weight excluding hydrogens is 420 g/mol. The minimum Gasteiger partial charge on any atom is -0.457 e. The van der Waals surface area contributed by atoms with E-state index in [-0.39, 0.29) is 35.9 Å². The van der Waals surface area contributed by atoms with Crippen LogP contribution in [-0.4, -0.2) is 48.1 Å². The molecule has 2 aromatic carbocycles. The standard InChI is InChI=1S/C26H24N2O5/c29-23(18-5-4-8-21(13-18)33-20-6-2-1-3-7-20)14-19-15-31-25-22(16-32-24(19)25)28-26(30)17-9-11-27-12-10-17/h1-13,19,22,24-25H,14-16H2,(H,28,30). The van der Waals surface area contributed by atoms with Gasteiger partial charge in [0.25, 0.3) is 5.91 Å². The number of ether oxygens (including phenoxy) is 3. The first kappa shape index (κ1) is 21.3. The number of fused-ring (bicyclic) bond motifs is 1.